The monoisotopic (exact) mass is 403 g/mol. The van der Waals surface area contributed by atoms with Gasteiger partial charge in [0.05, 0.1) is 5.02 Å². The van der Waals surface area contributed by atoms with Crippen molar-refractivity contribution in [3.63, 3.8) is 0 Å². The molecule has 2 aliphatic rings. The summed E-state index contributed by atoms with van der Waals surface area (Å²) < 4.78 is 0.995. The maximum Gasteiger partial charge on any atom is 0.254 e. The zero-order valence-corrected chi connectivity index (χ0v) is 14.4. The number of hydrogen-bond acceptors (Lipinski definition) is 1. The number of hydrogen-bond donors (Lipinski definition) is 0. The first kappa shape index (κ1) is 14.6. The van der Waals surface area contributed by atoms with Crippen molar-refractivity contribution in [2.75, 3.05) is 6.54 Å². The molecule has 1 atom stereocenters. The zero-order valence-electron chi connectivity index (χ0n) is 11.4. The van der Waals surface area contributed by atoms with E-state index in [0.717, 1.165) is 28.0 Å². The minimum absolute atomic E-state index is 0.165. The summed E-state index contributed by atoms with van der Waals surface area (Å²) in [5.74, 6) is 0.887. The Morgan fingerprint density at radius 2 is 1.95 bits per heavy atom. The summed E-state index contributed by atoms with van der Waals surface area (Å²) in [6.45, 7) is 0.906. The highest BCUT2D eigenvalue weighted by Crippen LogP contribution is 2.36. The first-order valence-corrected chi connectivity index (χ1v) is 8.88. The van der Waals surface area contributed by atoms with Gasteiger partial charge in [-0.1, -0.05) is 24.4 Å². The molecule has 0 bridgehead atoms. The summed E-state index contributed by atoms with van der Waals surface area (Å²) in [6.07, 6.45) is 7.57. The van der Waals surface area contributed by atoms with Gasteiger partial charge in [-0.2, -0.15) is 0 Å². The average molecular weight is 404 g/mol. The van der Waals surface area contributed by atoms with Crippen molar-refractivity contribution in [1.82, 2.24) is 4.90 Å². The van der Waals surface area contributed by atoms with Crippen LogP contribution in [0.5, 0.6) is 0 Å². The first-order chi connectivity index (χ1) is 9.66. The second kappa shape index (κ2) is 6.22. The highest BCUT2D eigenvalue weighted by molar-refractivity contribution is 14.1. The Kier molecular flexibility index (Phi) is 4.55. The van der Waals surface area contributed by atoms with Crippen LogP contribution in [0.4, 0.5) is 0 Å². The second-order valence-electron chi connectivity index (χ2n) is 5.88. The molecule has 0 spiro atoms. The van der Waals surface area contributed by atoms with Crippen LogP contribution in [-0.2, 0) is 0 Å². The summed E-state index contributed by atoms with van der Waals surface area (Å²) in [4.78, 5) is 14.8. The van der Waals surface area contributed by atoms with Crippen LogP contribution in [0, 0.1) is 9.49 Å². The maximum absolute atomic E-state index is 12.7. The van der Waals surface area contributed by atoms with Crippen molar-refractivity contribution in [1.29, 1.82) is 0 Å². The third-order valence-corrected chi connectivity index (χ3v) is 6.24. The van der Waals surface area contributed by atoms with E-state index in [1.165, 1.54) is 32.1 Å². The Bertz CT molecular complexity index is 513. The molecule has 108 valence electrons. The van der Waals surface area contributed by atoms with Crippen LogP contribution in [0.15, 0.2) is 18.2 Å². The van der Waals surface area contributed by atoms with Gasteiger partial charge in [0.15, 0.2) is 0 Å². The first-order valence-electron chi connectivity index (χ1n) is 7.43. The fraction of sp³-hybridized carbons (Fsp3) is 0.562. The van der Waals surface area contributed by atoms with Gasteiger partial charge in [-0.15, -0.1) is 0 Å². The number of carbonyl (C=O) groups is 1. The van der Waals surface area contributed by atoms with E-state index in [4.69, 9.17) is 11.6 Å². The number of benzene rings is 1. The lowest BCUT2D eigenvalue weighted by atomic mass is 9.95. The number of carbonyl (C=O) groups excluding carboxylic acids is 1. The molecule has 1 heterocycles. The molecule has 3 rings (SSSR count). The molecule has 1 aliphatic heterocycles. The number of nitrogens with zero attached hydrogens (tertiary/aromatic N) is 1. The smallest absolute Gasteiger partial charge is 0.254 e. The second-order valence-corrected chi connectivity index (χ2v) is 7.45. The van der Waals surface area contributed by atoms with Crippen LogP contribution in [-0.4, -0.2) is 23.4 Å². The fourth-order valence-electron chi connectivity index (χ4n) is 3.67. The van der Waals surface area contributed by atoms with Gasteiger partial charge >= 0.3 is 0 Å². The molecule has 1 saturated carbocycles. The molecular weight excluding hydrogens is 385 g/mol. The van der Waals surface area contributed by atoms with E-state index in [1.54, 1.807) is 0 Å². The number of likely N-dealkylation sites (tertiary alicyclic amines) is 1. The quantitative estimate of drug-likeness (QED) is 0.653. The summed E-state index contributed by atoms with van der Waals surface area (Å²) in [7, 11) is 0. The highest BCUT2D eigenvalue weighted by Gasteiger charge is 2.36. The van der Waals surface area contributed by atoms with Crippen LogP contribution < -0.4 is 0 Å². The lowest BCUT2D eigenvalue weighted by Gasteiger charge is -2.29. The van der Waals surface area contributed by atoms with Crippen molar-refractivity contribution in [3.8, 4) is 0 Å². The van der Waals surface area contributed by atoms with Crippen LogP contribution in [0.1, 0.15) is 48.9 Å². The predicted molar refractivity (Wildman–Crippen MR) is 90.2 cm³/mol. The fourth-order valence-corrected chi connectivity index (χ4v) is 4.19. The minimum Gasteiger partial charge on any atom is -0.335 e. The van der Waals surface area contributed by atoms with Gasteiger partial charge in [0.2, 0.25) is 0 Å². The molecule has 0 aromatic heterocycles. The van der Waals surface area contributed by atoms with Gasteiger partial charge in [0.25, 0.3) is 5.91 Å². The summed E-state index contributed by atoms with van der Waals surface area (Å²) in [5.41, 5.74) is 0.736. The number of rotatable bonds is 2. The molecule has 1 aromatic rings. The Balaban J connectivity index is 1.79. The molecular formula is C16H19ClINO. The lowest BCUT2D eigenvalue weighted by molar-refractivity contribution is 0.0689. The average Bonchev–Trinajstić information content (AvgIpc) is 3.10. The molecule has 4 heteroatoms. The van der Waals surface area contributed by atoms with Crippen LogP contribution >= 0.6 is 34.2 Å². The standard InChI is InChI=1S/C16H19ClINO/c17-13-10-12(7-8-14(13)18)16(20)19-9-3-6-15(19)11-4-1-2-5-11/h7-8,10-11,15H,1-6,9H2. The van der Waals surface area contributed by atoms with Crippen molar-refractivity contribution in [3.05, 3.63) is 32.4 Å². The minimum atomic E-state index is 0.165. The van der Waals surface area contributed by atoms with E-state index in [0.29, 0.717) is 11.1 Å². The molecule has 1 unspecified atom stereocenters. The van der Waals surface area contributed by atoms with Crippen molar-refractivity contribution in [2.45, 2.75) is 44.6 Å². The van der Waals surface area contributed by atoms with Crippen molar-refractivity contribution >= 4 is 40.1 Å². The van der Waals surface area contributed by atoms with Gasteiger partial charge in [0.1, 0.15) is 0 Å². The van der Waals surface area contributed by atoms with E-state index < -0.39 is 0 Å². The molecule has 2 fully saturated rings. The van der Waals surface area contributed by atoms with Crippen LogP contribution in [0.3, 0.4) is 0 Å². The molecule has 0 N–H and O–H groups in total. The van der Waals surface area contributed by atoms with Crippen molar-refractivity contribution in [2.24, 2.45) is 5.92 Å². The highest BCUT2D eigenvalue weighted by atomic mass is 127. The van der Waals surface area contributed by atoms with Crippen LogP contribution in [0.2, 0.25) is 5.02 Å². The molecule has 0 radical (unpaired) electrons. The third-order valence-electron chi connectivity index (χ3n) is 4.67. The van der Waals surface area contributed by atoms with Crippen molar-refractivity contribution < 1.29 is 4.79 Å². The van der Waals surface area contributed by atoms with E-state index in [2.05, 4.69) is 27.5 Å². The molecule has 1 saturated heterocycles. The summed E-state index contributed by atoms with van der Waals surface area (Å²) in [6, 6.07) is 6.11. The summed E-state index contributed by atoms with van der Waals surface area (Å²) >= 11 is 8.34. The molecule has 20 heavy (non-hydrogen) atoms. The lowest BCUT2D eigenvalue weighted by Crippen LogP contribution is -2.39. The zero-order chi connectivity index (χ0) is 14.1. The third kappa shape index (κ3) is 2.84. The predicted octanol–water partition coefficient (Wildman–Crippen LogP) is 4.74. The molecule has 1 aromatic carbocycles. The van der Waals surface area contributed by atoms with Gasteiger partial charge < -0.3 is 4.90 Å². The van der Waals surface area contributed by atoms with E-state index in [-0.39, 0.29) is 5.91 Å². The van der Waals surface area contributed by atoms with E-state index in [1.807, 2.05) is 18.2 Å². The number of amides is 1. The Labute approximate surface area is 139 Å². The van der Waals surface area contributed by atoms with Gasteiger partial charge in [-0.3, -0.25) is 4.79 Å². The van der Waals surface area contributed by atoms with Gasteiger partial charge in [-0.25, -0.2) is 0 Å². The van der Waals surface area contributed by atoms with Gasteiger partial charge in [0, 0.05) is 21.7 Å². The summed E-state index contributed by atoms with van der Waals surface area (Å²) in [5, 5.41) is 0.674. The Morgan fingerprint density at radius 1 is 1.20 bits per heavy atom. The maximum atomic E-state index is 12.7. The largest absolute Gasteiger partial charge is 0.335 e. The van der Waals surface area contributed by atoms with E-state index >= 15 is 0 Å². The normalized spacial score (nSPS) is 23.5. The Morgan fingerprint density at radius 3 is 2.65 bits per heavy atom. The number of halogens is 2. The van der Waals surface area contributed by atoms with Gasteiger partial charge in [-0.05, 0) is 72.4 Å². The molecule has 2 nitrogen and oxygen atoms in total. The van der Waals surface area contributed by atoms with E-state index in [9.17, 15) is 4.79 Å². The SMILES string of the molecule is O=C(c1ccc(I)c(Cl)c1)N1CCCC1C1CCCC1. The molecule has 1 amide bonds. The Hall–Kier alpha value is -0.290. The molecule has 1 aliphatic carbocycles. The van der Waals surface area contributed by atoms with Crippen LogP contribution in [0.25, 0.3) is 0 Å². The topological polar surface area (TPSA) is 20.3 Å².